The predicted octanol–water partition coefficient (Wildman–Crippen LogP) is 3.17. The Morgan fingerprint density at radius 3 is 2.75 bits per heavy atom. The van der Waals surface area contributed by atoms with Gasteiger partial charge in [-0.15, -0.1) is 0 Å². The van der Waals surface area contributed by atoms with Gasteiger partial charge in [0.2, 0.25) is 5.91 Å². The van der Waals surface area contributed by atoms with Crippen molar-refractivity contribution in [2.24, 2.45) is 0 Å². The summed E-state index contributed by atoms with van der Waals surface area (Å²) in [6.45, 7) is 5.27. The highest BCUT2D eigenvalue weighted by Gasteiger charge is 2.32. The first kappa shape index (κ1) is 23.1. The van der Waals surface area contributed by atoms with Crippen LogP contribution < -0.4 is 5.32 Å². The van der Waals surface area contributed by atoms with Crippen LogP contribution in [0, 0.1) is 16.2 Å². The number of carbonyl (C=O) groups excluding carboxylic acids is 2. The van der Waals surface area contributed by atoms with Crippen molar-refractivity contribution in [3.8, 4) is 11.1 Å². The van der Waals surface area contributed by atoms with Crippen LogP contribution in [0.4, 0.5) is 5.69 Å². The van der Waals surface area contributed by atoms with Gasteiger partial charge in [-0.2, -0.15) is 0 Å². The van der Waals surface area contributed by atoms with Crippen LogP contribution in [0.5, 0.6) is 0 Å². The molecule has 1 aliphatic rings. The molecule has 1 atom stereocenters. The number of ether oxygens (including phenoxy) is 1. The molecule has 8 nitrogen and oxygen atoms in total. The van der Waals surface area contributed by atoms with E-state index in [-0.39, 0.29) is 17.5 Å². The highest BCUT2D eigenvalue weighted by Crippen LogP contribution is 2.38. The van der Waals surface area contributed by atoms with E-state index >= 15 is 0 Å². The Kier molecular flexibility index (Phi) is 7.37. The number of hydrogen-bond acceptors (Lipinski definition) is 6. The number of methoxy groups -OCH3 is 1. The Morgan fingerprint density at radius 1 is 1.31 bits per heavy atom. The average molecular weight is 436 g/mol. The Morgan fingerprint density at radius 2 is 2.06 bits per heavy atom. The lowest BCUT2D eigenvalue weighted by Gasteiger charge is -2.33. The number of nitrogens with one attached hydrogen (secondary N) is 1. The fraction of sp³-hybridized carbons (Fsp3) is 0.333. The second-order valence-electron chi connectivity index (χ2n) is 7.76. The summed E-state index contributed by atoms with van der Waals surface area (Å²) in [6, 6.07) is 12.7. The normalized spacial score (nSPS) is 16.4. The highest BCUT2D eigenvalue weighted by molar-refractivity contribution is 5.96. The molecule has 0 bridgehead atoms. The molecule has 167 valence electrons. The minimum atomic E-state index is -0.717. The van der Waals surface area contributed by atoms with E-state index in [9.17, 15) is 19.7 Å². The van der Waals surface area contributed by atoms with E-state index in [1.54, 1.807) is 12.1 Å². The number of hydrogen-bond donors (Lipinski definition) is 1. The predicted molar refractivity (Wildman–Crippen MR) is 121 cm³/mol. The van der Waals surface area contributed by atoms with E-state index < -0.39 is 16.9 Å². The molecule has 0 aliphatic carbocycles. The minimum Gasteiger partial charge on any atom is -0.467 e. The summed E-state index contributed by atoms with van der Waals surface area (Å²) in [5.74, 6) is -0.706. The maximum atomic E-state index is 12.9. The molecule has 1 heterocycles. The van der Waals surface area contributed by atoms with Crippen LogP contribution in [0.2, 0.25) is 0 Å². The summed E-state index contributed by atoms with van der Waals surface area (Å²) in [7, 11) is 1.29. The molecule has 1 amide bonds. The molecule has 1 saturated heterocycles. The first-order valence-corrected chi connectivity index (χ1v) is 10.4. The van der Waals surface area contributed by atoms with Gasteiger partial charge in [-0.05, 0) is 34.8 Å². The van der Waals surface area contributed by atoms with Crippen molar-refractivity contribution in [3.63, 3.8) is 0 Å². The summed E-state index contributed by atoms with van der Waals surface area (Å²) in [5, 5.41) is 14.9. The quantitative estimate of drug-likeness (QED) is 0.323. The van der Waals surface area contributed by atoms with Crippen LogP contribution in [-0.4, -0.2) is 54.5 Å². The molecule has 32 heavy (non-hydrogen) atoms. The Labute approximate surface area is 187 Å². The minimum absolute atomic E-state index is 0.145. The van der Waals surface area contributed by atoms with Gasteiger partial charge in [0.05, 0.1) is 23.7 Å². The smallest absolute Gasteiger partial charge is 0.329 e. The van der Waals surface area contributed by atoms with Crippen LogP contribution in [-0.2, 0) is 14.3 Å². The van der Waals surface area contributed by atoms with Gasteiger partial charge in [0, 0.05) is 25.7 Å². The van der Waals surface area contributed by atoms with Crippen LogP contribution in [0.1, 0.15) is 30.9 Å². The molecule has 1 radical (unpaired) electrons. The van der Waals surface area contributed by atoms with Gasteiger partial charge in [0.15, 0.2) is 0 Å². The summed E-state index contributed by atoms with van der Waals surface area (Å²) in [6.07, 6.45) is 2.91. The molecule has 3 rings (SSSR count). The molecule has 0 aromatic heterocycles. The maximum absolute atomic E-state index is 12.9. The van der Waals surface area contributed by atoms with Crippen molar-refractivity contribution in [2.75, 3.05) is 26.7 Å². The summed E-state index contributed by atoms with van der Waals surface area (Å²) in [5.41, 5.74) is 2.48. The van der Waals surface area contributed by atoms with Crippen LogP contribution in [0.3, 0.4) is 0 Å². The van der Waals surface area contributed by atoms with E-state index in [1.807, 2.05) is 38.1 Å². The summed E-state index contributed by atoms with van der Waals surface area (Å²) >= 11 is 0. The monoisotopic (exact) mass is 436 g/mol. The van der Waals surface area contributed by atoms with Gasteiger partial charge in [-0.1, -0.05) is 44.2 Å². The molecule has 8 heteroatoms. The number of amides is 1. The van der Waals surface area contributed by atoms with Crippen molar-refractivity contribution in [1.82, 2.24) is 10.2 Å². The average Bonchev–Trinajstić information content (AvgIpc) is 2.81. The summed E-state index contributed by atoms with van der Waals surface area (Å²) in [4.78, 5) is 37.7. The number of nitro benzene ring substituents is 1. The number of nitro groups is 1. The molecule has 1 aliphatic heterocycles. The van der Waals surface area contributed by atoms with E-state index in [2.05, 4.69) is 11.4 Å². The van der Waals surface area contributed by atoms with Gasteiger partial charge in [-0.3, -0.25) is 14.9 Å². The van der Waals surface area contributed by atoms with E-state index in [4.69, 9.17) is 4.74 Å². The Hall–Kier alpha value is -3.52. The van der Waals surface area contributed by atoms with Gasteiger partial charge >= 0.3 is 5.97 Å². The molecule has 0 saturated carbocycles. The fourth-order valence-corrected chi connectivity index (χ4v) is 3.87. The SMILES string of the molecule is COC(=O)C1CNCCN1C(=O)/C=C/c1cc[c]c([N+](=O)[O-])c1-c1ccccc1C(C)C. The molecular weight excluding hydrogens is 410 g/mol. The maximum Gasteiger partial charge on any atom is 0.329 e. The van der Waals surface area contributed by atoms with Crippen LogP contribution in [0.15, 0.2) is 42.5 Å². The lowest BCUT2D eigenvalue weighted by Crippen LogP contribution is -2.56. The van der Waals surface area contributed by atoms with Crippen molar-refractivity contribution in [3.05, 3.63) is 69.8 Å². The fourth-order valence-electron chi connectivity index (χ4n) is 3.87. The van der Waals surface area contributed by atoms with Gasteiger partial charge in [0.25, 0.3) is 5.69 Å². The second kappa shape index (κ2) is 10.2. The molecule has 2 aromatic rings. The van der Waals surface area contributed by atoms with Crippen LogP contribution >= 0.6 is 0 Å². The van der Waals surface area contributed by atoms with Gasteiger partial charge < -0.3 is 15.0 Å². The third-order valence-electron chi connectivity index (χ3n) is 5.45. The zero-order chi connectivity index (χ0) is 23.3. The van der Waals surface area contributed by atoms with Crippen LogP contribution in [0.25, 0.3) is 17.2 Å². The third kappa shape index (κ3) is 4.86. The molecule has 1 N–H and O–H groups in total. The lowest BCUT2D eigenvalue weighted by molar-refractivity contribution is -0.384. The molecule has 0 spiro atoms. The summed E-state index contributed by atoms with van der Waals surface area (Å²) < 4.78 is 4.81. The van der Waals surface area contributed by atoms with E-state index in [1.165, 1.54) is 24.2 Å². The Bertz CT molecular complexity index is 1050. The number of benzene rings is 2. The largest absolute Gasteiger partial charge is 0.467 e. The highest BCUT2D eigenvalue weighted by atomic mass is 16.6. The standard InChI is InChI=1S/C24H26N3O5/c1-16(2)18-8-4-5-9-19(18)23-17(7-6-10-20(23)27(30)31)11-12-22(28)26-14-13-25-15-21(26)24(29)32-3/h4-9,11-12,16,21,25H,13-15H2,1-3H3/b12-11+. The van der Waals surface area contributed by atoms with Gasteiger partial charge in [-0.25, -0.2) is 4.79 Å². The molecule has 2 aromatic carbocycles. The van der Waals surface area contributed by atoms with E-state index in [0.29, 0.717) is 30.8 Å². The van der Waals surface area contributed by atoms with E-state index in [0.717, 1.165) is 11.1 Å². The van der Waals surface area contributed by atoms with Crippen molar-refractivity contribution in [2.45, 2.75) is 25.8 Å². The van der Waals surface area contributed by atoms with Crippen molar-refractivity contribution >= 4 is 23.6 Å². The zero-order valence-corrected chi connectivity index (χ0v) is 18.3. The molecule has 1 fully saturated rings. The van der Waals surface area contributed by atoms with Gasteiger partial charge in [0.1, 0.15) is 6.04 Å². The Balaban J connectivity index is 2.03. The second-order valence-corrected chi connectivity index (χ2v) is 7.76. The number of nitrogens with zero attached hydrogens (tertiary/aromatic N) is 2. The number of piperazine rings is 1. The number of rotatable bonds is 6. The first-order valence-electron chi connectivity index (χ1n) is 10.4. The topological polar surface area (TPSA) is 102 Å². The molecular formula is C24H26N3O5. The third-order valence-corrected chi connectivity index (χ3v) is 5.45. The first-order chi connectivity index (χ1) is 15.3. The number of esters is 1. The van der Waals surface area contributed by atoms with Crippen molar-refractivity contribution in [1.29, 1.82) is 0 Å². The van der Waals surface area contributed by atoms with Crippen molar-refractivity contribution < 1.29 is 19.2 Å². The zero-order valence-electron chi connectivity index (χ0n) is 18.3. The number of carbonyl (C=O) groups is 2. The molecule has 1 unspecified atom stereocenters. The lowest BCUT2D eigenvalue weighted by atomic mass is 9.89.